The molecule has 142 valence electrons. The van der Waals surface area contributed by atoms with Gasteiger partial charge < -0.3 is 10.1 Å². The molecule has 2 aromatic rings. The molecule has 0 heterocycles. The fourth-order valence-corrected chi connectivity index (χ4v) is 3.51. The van der Waals surface area contributed by atoms with E-state index in [9.17, 15) is 19.7 Å². The van der Waals surface area contributed by atoms with Gasteiger partial charge in [-0.15, -0.1) is 11.8 Å². The van der Waals surface area contributed by atoms with E-state index in [2.05, 4.69) is 21.2 Å². The number of esters is 1. The van der Waals surface area contributed by atoms with Gasteiger partial charge in [0, 0.05) is 21.5 Å². The summed E-state index contributed by atoms with van der Waals surface area (Å²) >= 11 is 10.6. The Labute approximate surface area is 172 Å². The second-order valence-electron chi connectivity index (χ2n) is 5.33. The lowest BCUT2D eigenvalue weighted by Crippen LogP contribution is -2.21. The summed E-state index contributed by atoms with van der Waals surface area (Å²) in [6.45, 7) is 1.45. The third kappa shape index (κ3) is 6.53. The number of hydrogen-bond donors (Lipinski definition) is 1. The summed E-state index contributed by atoms with van der Waals surface area (Å²) in [7, 11) is 0. The van der Waals surface area contributed by atoms with Crippen LogP contribution in [0, 0.1) is 17.0 Å². The fraction of sp³-hybridized carbons (Fsp3) is 0.176. The zero-order valence-electron chi connectivity index (χ0n) is 14.0. The molecule has 2 rings (SSSR count). The quantitative estimate of drug-likeness (QED) is 0.273. The van der Waals surface area contributed by atoms with E-state index < -0.39 is 23.4 Å². The molecule has 0 fully saturated rings. The predicted octanol–water partition coefficient (Wildman–Crippen LogP) is 4.59. The van der Waals surface area contributed by atoms with Gasteiger partial charge in [0.2, 0.25) is 0 Å². The Morgan fingerprint density at radius 3 is 2.67 bits per heavy atom. The van der Waals surface area contributed by atoms with Crippen LogP contribution in [0.25, 0.3) is 0 Å². The molecule has 0 saturated carbocycles. The van der Waals surface area contributed by atoms with Gasteiger partial charge in [0.05, 0.1) is 21.4 Å². The average molecular weight is 474 g/mol. The van der Waals surface area contributed by atoms with E-state index >= 15 is 0 Å². The first kappa shape index (κ1) is 21.2. The van der Waals surface area contributed by atoms with Crippen molar-refractivity contribution in [3.8, 4) is 0 Å². The van der Waals surface area contributed by atoms with Crippen molar-refractivity contribution < 1.29 is 19.2 Å². The summed E-state index contributed by atoms with van der Waals surface area (Å²) < 4.78 is 5.88. The van der Waals surface area contributed by atoms with E-state index in [1.54, 1.807) is 0 Å². The van der Waals surface area contributed by atoms with Gasteiger partial charge in [0.15, 0.2) is 6.61 Å². The maximum absolute atomic E-state index is 11.9. The van der Waals surface area contributed by atoms with Crippen molar-refractivity contribution in [1.29, 1.82) is 0 Å². The van der Waals surface area contributed by atoms with Crippen LogP contribution in [0.3, 0.4) is 0 Å². The minimum absolute atomic E-state index is 0.0187. The van der Waals surface area contributed by atoms with Crippen LogP contribution in [0.4, 0.5) is 11.4 Å². The van der Waals surface area contributed by atoms with Crippen LogP contribution in [0.1, 0.15) is 5.56 Å². The molecule has 0 spiro atoms. The average Bonchev–Trinajstić information content (AvgIpc) is 2.60. The van der Waals surface area contributed by atoms with Crippen molar-refractivity contribution >= 4 is 62.5 Å². The number of nitro groups is 1. The number of nitrogens with zero attached hydrogens (tertiary/aromatic N) is 1. The largest absolute Gasteiger partial charge is 0.455 e. The Hall–Kier alpha value is -2.10. The molecule has 27 heavy (non-hydrogen) atoms. The van der Waals surface area contributed by atoms with Crippen LogP contribution in [0.15, 0.2) is 45.8 Å². The van der Waals surface area contributed by atoms with Gasteiger partial charge in [-0.1, -0.05) is 27.5 Å². The topological polar surface area (TPSA) is 98.5 Å². The molecule has 0 radical (unpaired) electrons. The molecular weight excluding hydrogens is 460 g/mol. The van der Waals surface area contributed by atoms with Gasteiger partial charge in [-0.05, 0) is 36.8 Å². The summed E-state index contributed by atoms with van der Waals surface area (Å²) in [6.07, 6.45) is 0. The third-order valence-corrected chi connectivity index (χ3v) is 5.24. The van der Waals surface area contributed by atoms with Crippen molar-refractivity contribution in [3.63, 3.8) is 0 Å². The number of anilines is 1. The SMILES string of the molecule is Cc1cc(Br)ccc1SCC(=O)OCC(=O)Nc1ccc([N+](=O)[O-])cc1Cl. The molecule has 0 aliphatic carbocycles. The van der Waals surface area contributed by atoms with E-state index in [1.165, 1.54) is 23.9 Å². The van der Waals surface area contributed by atoms with Gasteiger partial charge in [-0.2, -0.15) is 0 Å². The molecule has 0 atom stereocenters. The van der Waals surface area contributed by atoms with E-state index in [0.29, 0.717) is 0 Å². The van der Waals surface area contributed by atoms with Gasteiger partial charge in [-0.25, -0.2) is 0 Å². The van der Waals surface area contributed by atoms with Crippen molar-refractivity contribution in [1.82, 2.24) is 0 Å². The van der Waals surface area contributed by atoms with E-state index in [0.717, 1.165) is 21.0 Å². The number of halogens is 2. The number of hydrogen-bond acceptors (Lipinski definition) is 6. The number of amides is 1. The zero-order chi connectivity index (χ0) is 20.0. The van der Waals surface area contributed by atoms with E-state index in [1.807, 2.05) is 25.1 Å². The number of ether oxygens (including phenoxy) is 1. The molecule has 7 nitrogen and oxygen atoms in total. The molecule has 0 bridgehead atoms. The number of carbonyl (C=O) groups excluding carboxylic acids is 2. The smallest absolute Gasteiger partial charge is 0.316 e. The molecule has 2 aromatic carbocycles. The Balaban J connectivity index is 1.81. The first-order chi connectivity index (χ1) is 12.8. The van der Waals surface area contributed by atoms with Crippen molar-refractivity contribution in [2.45, 2.75) is 11.8 Å². The molecule has 0 unspecified atom stereocenters. The normalized spacial score (nSPS) is 10.3. The minimum atomic E-state index is -0.594. The lowest BCUT2D eigenvalue weighted by molar-refractivity contribution is -0.384. The number of nitro benzene ring substituents is 1. The van der Waals surface area contributed by atoms with Crippen LogP contribution in [-0.4, -0.2) is 29.2 Å². The molecule has 0 aliphatic heterocycles. The molecule has 1 amide bonds. The standard InChI is InChI=1S/C17H14BrClN2O5S/c1-10-6-11(18)2-5-15(10)27-9-17(23)26-8-16(22)20-14-4-3-12(21(24)25)7-13(14)19/h2-7H,8-9H2,1H3,(H,20,22). The highest BCUT2D eigenvalue weighted by molar-refractivity contribution is 9.10. The first-order valence-electron chi connectivity index (χ1n) is 7.54. The molecule has 0 aliphatic rings. The number of non-ortho nitro benzene ring substituents is 1. The number of carbonyl (C=O) groups is 2. The lowest BCUT2D eigenvalue weighted by Gasteiger charge is -2.09. The van der Waals surface area contributed by atoms with Crippen molar-refractivity contribution in [2.75, 3.05) is 17.7 Å². The summed E-state index contributed by atoms with van der Waals surface area (Å²) in [6, 6.07) is 9.36. The summed E-state index contributed by atoms with van der Waals surface area (Å²) in [4.78, 5) is 34.7. The minimum Gasteiger partial charge on any atom is -0.455 e. The molecule has 10 heteroatoms. The van der Waals surface area contributed by atoms with Gasteiger partial charge in [0.1, 0.15) is 0 Å². The molecular formula is C17H14BrClN2O5S. The zero-order valence-corrected chi connectivity index (χ0v) is 17.2. The Bertz CT molecular complexity index is 894. The predicted molar refractivity (Wildman–Crippen MR) is 107 cm³/mol. The van der Waals surface area contributed by atoms with Gasteiger partial charge in [0.25, 0.3) is 11.6 Å². The maximum atomic E-state index is 11.9. The monoisotopic (exact) mass is 472 g/mol. The third-order valence-electron chi connectivity index (χ3n) is 3.28. The highest BCUT2D eigenvalue weighted by atomic mass is 79.9. The Kier molecular flexibility index (Phi) is 7.64. The number of benzene rings is 2. The molecule has 0 saturated heterocycles. The van der Waals surface area contributed by atoms with Crippen LogP contribution in [0.2, 0.25) is 5.02 Å². The number of rotatable bonds is 7. The van der Waals surface area contributed by atoms with Crippen LogP contribution in [-0.2, 0) is 14.3 Å². The van der Waals surface area contributed by atoms with Crippen LogP contribution in [0.5, 0.6) is 0 Å². The van der Waals surface area contributed by atoms with Crippen molar-refractivity contribution in [3.05, 3.63) is 61.6 Å². The summed E-state index contributed by atoms with van der Waals surface area (Å²) in [5.41, 5.74) is 1.03. The van der Waals surface area contributed by atoms with Gasteiger partial charge >= 0.3 is 5.97 Å². The Morgan fingerprint density at radius 1 is 1.30 bits per heavy atom. The van der Waals surface area contributed by atoms with Crippen LogP contribution < -0.4 is 5.32 Å². The number of thioether (sulfide) groups is 1. The van der Waals surface area contributed by atoms with E-state index in [4.69, 9.17) is 16.3 Å². The fourth-order valence-electron chi connectivity index (χ4n) is 2.00. The Morgan fingerprint density at radius 2 is 2.04 bits per heavy atom. The van der Waals surface area contributed by atoms with Crippen molar-refractivity contribution in [2.24, 2.45) is 0 Å². The highest BCUT2D eigenvalue weighted by Crippen LogP contribution is 2.27. The molecule has 1 N–H and O–H groups in total. The second-order valence-corrected chi connectivity index (χ2v) is 7.67. The first-order valence-corrected chi connectivity index (χ1v) is 9.70. The number of aryl methyl sites for hydroxylation is 1. The van der Waals surface area contributed by atoms with Gasteiger partial charge in [-0.3, -0.25) is 19.7 Å². The van der Waals surface area contributed by atoms with Crippen LogP contribution >= 0.6 is 39.3 Å². The lowest BCUT2D eigenvalue weighted by atomic mass is 10.2. The highest BCUT2D eigenvalue weighted by Gasteiger charge is 2.13. The second kappa shape index (κ2) is 9.72. The maximum Gasteiger partial charge on any atom is 0.316 e. The van der Waals surface area contributed by atoms with E-state index in [-0.39, 0.29) is 22.2 Å². The summed E-state index contributed by atoms with van der Waals surface area (Å²) in [5.74, 6) is -1.06. The molecule has 0 aromatic heterocycles. The number of nitrogens with one attached hydrogen (secondary N) is 1. The summed E-state index contributed by atoms with van der Waals surface area (Å²) in [5, 5.41) is 13.1.